The molecule has 0 N–H and O–H groups in total. The normalized spacial score (nSPS) is 10.3. The smallest absolute Gasteiger partial charge is 0.276 e. The number of nitro groups is 1. The number of aromatic nitrogens is 3. The summed E-state index contributed by atoms with van der Waals surface area (Å²) < 4.78 is 7.14. The number of benzene rings is 1. The van der Waals surface area contributed by atoms with Crippen molar-refractivity contribution in [3.05, 3.63) is 46.5 Å². The van der Waals surface area contributed by atoms with Crippen LogP contribution in [0.3, 0.4) is 0 Å². The van der Waals surface area contributed by atoms with Gasteiger partial charge in [0.05, 0.1) is 17.0 Å². The van der Waals surface area contributed by atoms with E-state index in [-0.39, 0.29) is 5.69 Å². The topological polar surface area (TPSA) is 83.1 Å². The van der Waals surface area contributed by atoms with Crippen LogP contribution in [0.25, 0.3) is 0 Å². The van der Waals surface area contributed by atoms with Gasteiger partial charge in [0.15, 0.2) is 0 Å². The van der Waals surface area contributed by atoms with Crippen molar-refractivity contribution >= 4 is 5.69 Å². The Morgan fingerprint density at radius 2 is 2.33 bits per heavy atom. The lowest BCUT2D eigenvalue weighted by Gasteiger charge is -2.08. The second kappa shape index (κ2) is 5.26. The van der Waals surface area contributed by atoms with Gasteiger partial charge >= 0.3 is 0 Å². The minimum Gasteiger partial charge on any atom is -0.491 e. The van der Waals surface area contributed by atoms with Gasteiger partial charge < -0.3 is 4.74 Å². The van der Waals surface area contributed by atoms with Gasteiger partial charge in [-0.2, -0.15) is 5.10 Å². The first kappa shape index (κ1) is 12.0. The van der Waals surface area contributed by atoms with Crippen LogP contribution in [0.2, 0.25) is 0 Å². The van der Waals surface area contributed by atoms with Crippen molar-refractivity contribution in [2.45, 2.75) is 13.5 Å². The Labute approximate surface area is 103 Å². The summed E-state index contributed by atoms with van der Waals surface area (Å²) >= 11 is 0. The van der Waals surface area contributed by atoms with Gasteiger partial charge in [-0.15, -0.1) is 0 Å². The summed E-state index contributed by atoms with van der Waals surface area (Å²) in [5.41, 5.74) is 0.592. The van der Waals surface area contributed by atoms with Crippen LogP contribution in [0.15, 0.2) is 30.9 Å². The molecule has 94 valence electrons. The minimum atomic E-state index is -0.417. The maximum Gasteiger partial charge on any atom is 0.276 e. The monoisotopic (exact) mass is 248 g/mol. The highest BCUT2D eigenvalue weighted by molar-refractivity contribution is 5.48. The van der Waals surface area contributed by atoms with Gasteiger partial charge in [0.1, 0.15) is 25.0 Å². The highest BCUT2D eigenvalue weighted by Gasteiger charge is 2.13. The zero-order chi connectivity index (χ0) is 13.0. The molecule has 0 bridgehead atoms. The molecule has 1 heterocycles. The summed E-state index contributed by atoms with van der Waals surface area (Å²) in [6.07, 6.45) is 3.03. The van der Waals surface area contributed by atoms with Crippen LogP contribution in [0.4, 0.5) is 5.69 Å². The fourth-order valence-corrected chi connectivity index (χ4v) is 1.55. The molecule has 2 rings (SSSR count). The first-order chi connectivity index (χ1) is 8.68. The van der Waals surface area contributed by atoms with Gasteiger partial charge in [0.25, 0.3) is 5.69 Å². The lowest BCUT2D eigenvalue weighted by Crippen LogP contribution is -2.09. The van der Waals surface area contributed by atoms with E-state index >= 15 is 0 Å². The predicted octanol–water partition coefficient (Wildman–Crippen LogP) is 1.57. The fraction of sp³-hybridized carbons (Fsp3) is 0.273. The number of nitro benzene ring substituents is 1. The highest BCUT2D eigenvalue weighted by Crippen LogP contribution is 2.26. The quantitative estimate of drug-likeness (QED) is 0.592. The zero-order valence-corrected chi connectivity index (χ0v) is 9.81. The molecule has 0 saturated carbocycles. The van der Waals surface area contributed by atoms with Gasteiger partial charge in [0.2, 0.25) is 0 Å². The SMILES string of the molecule is Cc1c(OCCn2cncn2)cccc1[N+](=O)[O-]. The van der Waals surface area contributed by atoms with E-state index in [4.69, 9.17) is 4.74 Å². The Morgan fingerprint density at radius 1 is 1.50 bits per heavy atom. The van der Waals surface area contributed by atoms with E-state index in [2.05, 4.69) is 10.1 Å². The Morgan fingerprint density at radius 3 is 3.00 bits per heavy atom. The zero-order valence-electron chi connectivity index (χ0n) is 9.81. The molecule has 0 atom stereocenters. The summed E-state index contributed by atoms with van der Waals surface area (Å²) in [6, 6.07) is 4.78. The first-order valence-electron chi connectivity index (χ1n) is 5.37. The number of ether oxygens (including phenoxy) is 1. The average molecular weight is 248 g/mol. The molecule has 0 spiro atoms. The van der Waals surface area contributed by atoms with E-state index in [0.717, 1.165) is 0 Å². The van der Waals surface area contributed by atoms with Crippen molar-refractivity contribution in [2.24, 2.45) is 0 Å². The summed E-state index contributed by atoms with van der Waals surface area (Å²) in [4.78, 5) is 14.2. The van der Waals surface area contributed by atoms with E-state index in [9.17, 15) is 10.1 Å². The molecular formula is C11H12N4O3. The van der Waals surface area contributed by atoms with Crippen molar-refractivity contribution < 1.29 is 9.66 Å². The summed E-state index contributed by atoms with van der Waals surface area (Å²) in [5.74, 6) is 0.518. The van der Waals surface area contributed by atoms with Gasteiger partial charge in [-0.3, -0.25) is 10.1 Å². The van der Waals surface area contributed by atoms with E-state index in [1.807, 2.05) is 0 Å². The maximum absolute atomic E-state index is 10.8. The predicted molar refractivity (Wildman–Crippen MR) is 63.4 cm³/mol. The molecule has 18 heavy (non-hydrogen) atoms. The number of hydrogen-bond acceptors (Lipinski definition) is 5. The van der Waals surface area contributed by atoms with Crippen LogP contribution < -0.4 is 4.74 Å². The molecule has 0 radical (unpaired) electrons. The lowest BCUT2D eigenvalue weighted by molar-refractivity contribution is -0.385. The first-order valence-corrected chi connectivity index (χ1v) is 5.37. The van der Waals surface area contributed by atoms with E-state index in [1.54, 1.807) is 30.1 Å². The molecule has 7 heteroatoms. The third-order valence-corrected chi connectivity index (χ3v) is 2.50. The van der Waals surface area contributed by atoms with Gasteiger partial charge in [-0.05, 0) is 13.0 Å². The molecule has 1 aromatic heterocycles. The number of rotatable bonds is 5. The fourth-order valence-electron chi connectivity index (χ4n) is 1.55. The number of hydrogen-bond donors (Lipinski definition) is 0. The Bertz CT molecular complexity index is 539. The van der Waals surface area contributed by atoms with Crippen LogP contribution in [0.1, 0.15) is 5.56 Å². The van der Waals surface area contributed by atoms with Crippen LogP contribution in [-0.2, 0) is 6.54 Å². The Kier molecular flexibility index (Phi) is 3.52. The summed E-state index contributed by atoms with van der Waals surface area (Å²) in [5, 5.41) is 14.7. The molecule has 0 aliphatic heterocycles. The van der Waals surface area contributed by atoms with Gasteiger partial charge in [-0.1, -0.05) is 6.07 Å². The van der Waals surface area contributed by atoms with E-state index in [1.165, 1.54) is 12.4 Å². The summed E-state index contributed by atoms with van der Waals surface area (Å²) in [7, 11) is 0. The largest absolute Gasteiger partial charge is 0.491 e. The molecule has 2 aromatic rings. The van der Waals surface area contributed by atoms with Crippen molar-refractivity contribution in [1.82, 2.24) is 14.8 Å². The molecule has 0 fully saturated rings. The second-order valence-corrected chi connectivity index (χ2v) is 3.66. The molecule has 0 saturated heterocycles. The minimum absolute atomic E-state index is 0.0632. The van der Waals surface area contributed by atoms with Gasteiger partial charge in [-0.25, -0.2) is 9.67 Å². The molecular weight excluding hydrogens is 236 g/mol. The Hall–Kier alpha value is -2.44. The molecule has 0 unspecified atom stereocenters. The van der Waals surface area contributed by atoms with Crippen LogP contribution >= 0.6 is 0 Å². The second-order valence-electron chi connectivity index (χ2n) is 3.66. The molecule has 0 aliphatic rings. The van der Waals surface area contributed by atoms with Crippen molar-refractivity contribution in [1.29, 1.82) is 0 Å². The van der Waals surface area contributed by atoms with E-state index in [0.29, 0.717) is 24.5 Å². The number of nitrogens with zero attached hydrogens (tertiary/aromatic N) is 4. The molecule has 7 nitrogen and oxygen atoms in total. The third-order valence-electron chi connectivity index (χ3n) is 2.50. The maximum atomic E-state index is 10.8. The van der Waals surface area contributed by atoms with E-state index < -0.39 is 4.92 Å². The average Bonchev–Trinajstić information content (AvgIpc) is 2.84. The van der Waals surface area contributed by atoms with Crippen LogP contribution in [0, 0.1) is 17.0 Å². The van der Waals surface area contributed by atoms with Gasteiger partial charge in [0, 0.05) is 6.07 Å². The van der Waals surface area contributed by atoms with Crippen LogP contribution in [0.5, 0.6) is 5.75 Å². The Balaban J connectivity index is 2.01. The van der Waals surface area contributed by atoms with Crippen molar-refractivity contribution in [2.75, 3.05) is 6.61 Å². The molecule has 0 aliphatic carbocycles. The highest BCUT2D eigenvalue weighted by atomic mass is 16.6. The molecule has 1 aromatic carbocycles. The van der Waals surface area contributed by atoms with Crippen molar-refractivity contribution in [3.63, 3.8) is 0 Å². The lowest BCUT2D eigenvalue weighted by atomic mass is 10.2. The third kappa shape index (κ3) is 2.62. The van der Waals surface area contributed by atoms with Crippen LogP contribution in [-0.4, -0.2) is 26.3 Å². The standard InChI is InChI=1S/C11H12N4O3/c1-9-10(15(16)17)3-2-4-11(9)18-6-5-14-8-12-7-13-14/h2-4,7-8H,5-6H2,1H3. The summed E-state index contributed by atoms with van der Waals surface area (Å²) in [6.45, 7) is 2.59. The molecule has 0 amide bonds. The van der Waals surface area contributed by atoms with Crippen molar-refractivity contribution in [3.8, 4) is 5.75 Å².